The lowest BCUT2D eigenvalue weighted by Gasteiger charge is -2.20. The summed E-state index contributed by atoms with van der Waals surface area (Å²) in [6, 6.07) is 8.49. The molecule has 0 saturated carbocycles. The first-order chi connectivity index (χ1) is 14.8. The lowest BCUT2D eigenvalue weighted by molar-refractivity contribution is -0.122. The number of nitrogens with one attached hydrogen (secondary N) is 2. The molecule has 158 valence electrons. The summed E-state index contributed by atoms with van der Waals surface area (Å²) in [7, 11) is 2.85. The number of benzene rings is 2. The molecular formula is C22H18FN3O5. The summed E-state index contributed by atoms with van der Waals surface area (Å²) in [6.45, 7) is -0.154. The zero-order chi connectivity index (χ0) is 22.2. The van der Waals surface area contributed by atoms with Crippen molar-refractivity contribution in [3.63, 3.8) is 0 Å². The van der Waals surface area contributed by atoms with Crippen molar-refractivity contribution in [2.24, 2.45) is 0 Å². The van der Waals surface area contributed by atoms with Crippen molar-refractivity contribution in [3.05, 3.63) is 54.0 Å². The molecule has 1 aromatic heterocycles. The number of imide groups is 1. The van der Waals surface area contributed by atoms with E-state index in [1.54, 1.807) is 24.4 Å². The van der Waals surface area contributed by atoms with Gasteiger partial charge in [-0.3, -0.25) is 10.1 Å². The van der Waals surface area contributed by atoms with Gasteiger partial charge in [-0.2, -0.15) is 0 Å². The molecule has 2 aromatic carbocycles. The SMILES string of the molecule is COc1ccc2cn(C[C@@]3(C#Cc4ccc(F)c(OC)c4)NC(=O)NC3=O)c(O)c2c1. The first kappa shape index (κ1) is 20.1. The van der Waals surface area contributed by atoms with Crippen molar-refractivity contribution in [3.8, 4) is 29.2 Å². The number of fused-ring (bicyclic) bond motifs is 1. The van der Waals surface area contributed by atoms with Gasteiger partial charge in [0.25, 0.3) is 5.91 Å². The van der Waals surface area contributed by atoms with Gasteiger partial charge in [-0.05, 0) is 36.4 Å². The first-order valence-corrected chi connectivity index (χ1v) is 9.21. The molecule has 2 heterocycles. The number of nitrogens with zero attached hydrogens (tertiary/aromatic N) is 1. The van der Waals surface area contributed by atoms with Crippen LogP contribution in [0.15, 0.2) is 42.6 Å². The van der Waals surface area contributed by atoms with Crippen LogP contribution in [0.25, 0.3) is 10.8 Å². The van der Waals surface area contributed by atoms with Gasteiger partial charge in [-0.15, -0.1) is 0 Å². The number of methoxy groups -OCH3 is 2. The van der Waals surface area contributed by atoms with Crippen molar-refractivity contribution in [2.75, 3.05) is 14.2 Å². The van der Waals surface area contributed by atoms with Gasteiger partial charge in [0.15, 0.2) is 17.4 Å². The minimum atomic E-state index is -1.64. The Morgan fingerprint density at radius 3 is 2.65 bits per heavy atom. The van der Waals surface area contributed by atoms with E-state index in [4.69, 9.17) is 9.47 Å². The van der Waals surface area contributed by atoms with Crippen LogP contribution in [0.2, 0.25) is 0 Å². The maximum absolute atomic E-state index is 13.7. The second-order valence-electron chi connectivity index (χ2n) is 6.95. The van der Waals surface area contributed by atoms with Crippen molar-refractivity contribution in [1.29, 1.82) is 0 Å². The number of carbonyl (C=O) groups excluding carboxylic acids is 2. The Morgan fingerprint density at radius 2 is 1.97 bits per heavy atom. The van der Waals surface area contributed by atoms with Crippen molar-refractivity contribution >= 4 is 22.7 Å². The number of urea groups is 1. The van der Waals surface area contributed by atoms with E-state index in [0.29, 0.717) is 16.7 Å². The maximum Gasteiger partial charge on any atom is 0.323 e. The Hall–Kier alpha value is -4.19. The smallest absolute Gasteiger partial charge is 0.323 e. The molecule has 1 saturated heterocycles. The summed E-state index contributed by atoms with van der Waals surface area (Å²) in [5.74, 6) is 4.82. The summed E-state index contributed by atoms with van der Waals surface area (Å²) in [4.78, 5) is 24.5. The topological polar surface area (TPSA) is 102 Å². The minimum absolute atomic E-state index is 0.00371. The highest BCUT2D eigenvalue weighted by Gasteiger charge is 2.46. The molecule has 0 aliphatic carbocycles. The van der Waals surface area contributed by atoms with Crippen molar-refractivity contribution < 1.29 is 28.6 Å². The summed E-state index contributed by atoms with van der Waals surface area (Å²) in [5.41, 5.74) is -1.26. The van der Waals surface area contributed by atoms with Crippen LogP contribution in [0.4, 0.5) is 9.18 Å². The Morgan fingerprint density at radius 1 is 1.16 bits per heavy atom. The van der Waals surface area contributed by atoms with Crippen LogP contribution >= 0.6 is 0 Å². The molecule has 1 atom stereocenters. The Balaban J connectivity index is 1.75. The molecule has 9 heteroatoms. The molecule has 1 aliphatic rings. The number of hydrogen-bond donors (Lipinski definition) is 3. The van der Waals surface area contributed by atoms with E-state index < -0.39 is 23.3 Å². The van der Waals surface area contributed by atoms with Crippen LogP contribution in [0, 0.1) is 17.7 Å². The number of aromatic hydroxyl groups is 1. The standard InChI is InChI=1S/C22H18FN3O5/c1-30-15-5-4-14-11-26(19(27)16(14)10-15)12-22(20(28)24-21(29)25-22)8-7-13-3-6-17(23)18(9-13)31-2/h3-6,9-11,27H,12H2,1-2H3,(H2,24,25,28,29)/t22-/m1/s1. The molecule has 0 spiro atoms. The monoisotopic (exact) mass is 423 g/mol. The van der Waals surface area contributed by atoms with Crippen molar-refractivity contribution in [2.45, 2.75) is 12.1 Å². The second-order valence-corrected chi connectivity index (χ2v) is 6.95. The molecule has 1 aliphatic heterocycles. The average molecular weight is 423 g/mol. The highest BCUT2D eigenvalue weighted by Crippen LogP contribution is 2.32. The van der Waals surface area contributed by atoms with Crippen LogP contribution in [0.5, 0.6) is 17.4 Å². The number of hydrogen-bond acceptors (Lipinski definition) is 5. The van der Waals surface area contributed by atoms with Gasteiger partial charge in [0, 0.05) is 22.5 Å². The molecule has 1 fully saturated rings. The highest BCUT2D eigenvalue weighted by atomic mass is 19.1. The molecule has 31 heavy (non-hydrogen) atoms. The lowest BCUT2D eigenvalue weighted by Crippen LogP contribution is -2.49. The number of rotatable bonds is 4. The fourth-order valence-corrected chi connectivity index (χ4v) is 3.38. The largest absolute Gasteiger partial charge is 0.497 e. The van der Waals surface area contributed by atoms with Crippen LogP contribution in [0.1, 0.15) is 5.56 Å². The van der Waals surface area contributed by atoms with E-state index in [-0.39, 0.29) is 18.2 Å². The van der Waals surface area contributed by atoms with E-state index in [2.05, 4.69) is 22.5 Å². The second kappa shape index (κ2) is 7.57. The predicted octanol–water partition coefficient (Wildman–Crippen LogP) is 2.13. The normalized spacial score (nSPS) is 17.6. The number of amides is 3. The first-order valence-electron chi connectivity index (χ1n) is 9.21. The number of aromatic nitrogens is 1. The zero-order valence-corrected chi connectivity index (χ0v) is 16.7. The van der Waals surface area contributed by atoms with Gasteiger partial charge in [0.2, 0.25) is 5.54 Å². The predicted molar refractivity (Wildman–Crippen MR) is 109 cm³/mol. The molecule has 3 aromatic rings. The Kier molecular flexibility index (Phi) is 4.91. The number of halogens is 1. The average Bonchev–Trinajstić information content (AvgIpc) is 3.22. The molecule has 0 radical (unpaired) electrons. The zero-order valence-electron chi connectivity index (χ0n) is 16.7. The third-order valence-electron chi connectivity index (χ3n) is 4.99. The van der Waals surface area contributed by atoms with E-state index in [1.807, 2.05) is 0 Å². The van der Waals surface area contributed by atoms with Gasteiger partial charge in [0.1, 0.15) is 5.75 Å². The lowest BCUT2D eigenvalue weighted by atomic mass is 9.99. The summed E-state index contributed by atoms with van der Waals surface area (Å²) in [5, 5.41) is 16.6. The molecule has 3 N–H and O–H groups in total. The van der Waals surface area contributed by atoms with Gasteiger partial charge < -0.3 is 24.5 Å². The van der Waals surface area contributed by atoms with Crippen LogP contribution < -0.4 is 20.1 Å². The maximum atomic E-state index is 13.7. The third-order valence-corrected chi connectivity index (χ3v) is 4.99. The number of carbonyl (C=O) groups is 2. The Bertz CT molecular complexity index is 1270. The summed E-state index contributed by atoms with van der Waals surface area (Å²) in [6.07, 6.45) is 1.65. The van der Waals surface area contributed by atoms with Gasteiger partial charge in [-0.1, -0.05) is 11.8 Å². The third kappa shape index (κ3) is 3.59. The van der Waals surface area contributed by atoms with Crippen LogP contribution in [-0.4, -0.2) is 41.4 Å². The molecule has 0 unspecified atom stereocenters. The summed E-state index contributed by atoms with van der Waals surface area (Å²) < 4.78 is 25.2. The quantitative estimate of drug-likeness (QED) is 0.441. The van der Waals surface area contributed by atoms with Gasteiger partial charge >= 0.3 is 6.03 Å². The van der Waals surface area contributed by atoms with Crippen LogP contribution in [0.3, 0.4) is 0 Å². The fraction of sp³-hybridized carbons (Fsp3) is 0.182. The van der Waals surface area contributed by atoms with E-state index >= 15 is 0 Å². The molecule has 0 bridgehead atoms. The Labute approximate surface area is 176 Å². The summed E-state index contributed by atoms with van der Waals surface area (Å²) >= 11 is 0. The molecular weight excluding hydrogens is 405 g/mol. The van der Waals surface area contributed by atoms with Gasteiger partial charge in [0.05, 0.1) is 20.8 Å². The van der Waals surface area contributed by atoms with E-state index in [9.17, 15) is 19.1 Å². The minimum Gasteiger partial charge on any atom is -0.497 e. The molecule has 3 amide bonds. The van der Waals surface area contributed by atoms with E-state index in [1.165, 1.54) is 37.0 Å². The molecule has 8 nitrogen and oxygen atoms in total. The van der Waals surface area contributed by atoms with E-state index in [0.717, 1.165) is 5.39 Å². The van der Waals surface area contributed by atoms with Crippen LogP contribution in [-0.2, 0) is 11.3 Å². The van der Waals surface area contributed by atoms with Gasteiger partial charge in [-0.25, -0.2) is 9.18 Å². The highest BCUT2D eigenvalue weighted by molar-refractivity contribution is 6.09. The van der Waals surface area contributed by atoms with Crippen molar-refractivity contribution in [1.82, 2.24) is 15.2 Å². The number of ether oxygens (including phenoxy) is 2. The molecule has 4 rings (SSSR count). The fourth-order valence-electron chi connectivity index (χ4n) is 3.38.